The predicted molar refractivity (Wildman–Crippen MR) is 135 cm³/mol. The molecule has 2 aliphatic rings. The molecule has 0 spiro atoms. The molecular weight excluding hydrogens is 486 g/mol. The second-order valence-electron chi connectivity index (χ2n) is 10.7. The number of methoxy groups -OCH3 is 1. The largest absolute Gasteiger partial charge is 0.469 e. The Labute approximate surface area is 220 Å². The summed E-state index contributed by atoms with van der Waals surface area (Å²) in [6.07, 6.45) is 6.15. The Kier molecular flexibility index (Phi) is 14.3. The topological polar surface area (TPSA) is 91.3 Å². The highest BCUT2D eigenvalue weighted by molar-refractivity contribution is 5.69. The number of carbonyl (C=O) groups is 2. The van der Waals surface area contributed by atoms with Crippen LogP contribution in [0.1, 0.15) is 110 Å². The van der Waals surface area contributed by atoms with Gasteiger partial charge in [-0.15, -0.1) is 0 Å². The molecule has 3 unspecified atom stereocenters. The molecule has 0 bridgehead atoms. The molecule has 0 radical (unpaired) electrons. The van der Waals surface area contributed by atoms with Gasteiger partial charge in [0.2, 0.25) is 0 Å². The number of unbranched alkanes of at least 4 members (excludes halogenated alkanes) is 4. The number of ether oxygens (including phenoxy) is 4. The maximum Gasteiger partial charge on any atom is 0.305 e. The van der Waals surface area contributed by atoms with E-state index in [0.29, 0.717) is 38.7 Å². The van der Waals surface area contributed by atoms with E-state index in [9.17, 15) is 23.5 Å². The molecule has 0 amide bonds. The number of alkyl halides is 2. The smallest absolute Gasteiger partial charge is 0.305 e. The zero-order valence-electron chi connectivity index (χ0n) is 22.9. The summed E-state index contributed by atoms with van der Waals surface area (Å²) in [5.74, 6) is -3.88. The first-order valence-electron chi connectivity index (χ1n) is 14.2. The Bertz CT molecular complexity index is 669. The highest BCUT2D eigenvalue weighted by Gasteiger charge is 2.47. The van der Waals surface area contributed by atoms with Gasteiger partial charge < -0.3 is 24.1 Å². The summed E-state index contributed by atoms with van der Waals surface area (Å²) in [6.45, 7) is 3.87. The van der Waals surface area contributed by atoms with E-state index in [1.807, 2.05) is 6.92 Å². The molecule has 9 heteroatoms. The summed E-state index contributed by atoms with van der Waals surface area (Å²) in [4.78, 5) is 23.2. The quantitative estimate of drug-likeness (QED) is 0.182. The Balaban J connectivity index is 2.06. The third-order valence-electron chi connectivity index (χ3n) is 7.77. The number of hydrogen-bond acceptors (Lipinski definition) is 7. The summed E-state index contributed by atoms with van der Waals surface area (Å²) in [5, 5.41) is 10.4. The van der Waals surface area contributed by atoms with Crippen LogP contribution in [-0.4, -0.2) is 61.3 Å². The van der Waals surface area contributed by atoms with Crippen molar-refractivity contribution in [3.05, 3.63) is 0 Å². The van der Waals surface area contributed by atoms with E-state index in [4.69, 9.17) is 14.2 Å². The van der Waals surface area contributed by atoms with Crippen molar-refractivity contribution in [1.82, 2.24) is 0 Å². The zero-order valence-corrected chi connectivity index (χ0v) is 22.9. The molecular formula is C28H48F2O7. The highest BCUT2D eigenvalue weighted by atomic mass is 19.3. The standard InChI is InChI=1S/C28H48F2O7/c1-4-5-17-28(29,30)25(32)16-15-22-21(12-8-6-7-9-13-26(33)34-3)23(36-20(2)31)19-24(22)37-27-14-10-11-18-35-27/h21-25,27,32H,4-19H2,1-3H3/t21?,22-,23+,24-,25?,27?/m1/s1. The minimum Gasteiger partial charge on any atom is -0.469 e. The molecule has 6 atom stereocenters. The highest BCUT2D eigenvalue weighted by Crippen LogP contribution is 2.44. The maximum absolute atomic E-state index is 14.5. The van der Waals surface area contributed by atoms with E-state index in [1.54, 1.807) is 0 Å². The van der Waals surface area contributed by atoms with Gasteiger partial charge in [-0.3, -0.25) is 9.59 Å². The van der Waals surface area contributed by atoms with Crippen molar-refractivity contribution in [1.29, 1.82) is 0 Å². The Morgan fingerprint density at radius 2 is 1.78 bits per heavy atom. The fourth-order valence-electron chi connectivity index (χ4n) is 5.69. The van der Waals surface area contributed by atoms with Crippen molar-refractivity contribution in [2.45, 2.75) is 141 Å². The fourth-order valence-corrected chi connectivity index (χ4v) is 5.69. The number of aliphatic hydroxyl groups excluding tert-OH is 1. The number of esters is 2. The van der Waals surface area contributed by atoms with Crippen molar-refractivity contribution in [2.24, 2.45) is 11.8 Å². The van der Waals surface area contributed by atoms with Crippen molar-refractivity contribution < 1.29 is 42.4 Å². The monoisotopic (exact) mass is 534 g/mol. The van der Waals surface area contributed by atoms with Crippen LogP contribution < -0.4 is 0 Å². The SMILES string of the molecule is CCCCC(F)(F)C(O)CC[C@@H]1C(CCCCCCC(=O)OC)[C@@H](OC(C)=O)C[C@H]1OC1CCCCO1. The second-order valence-corrected chi connectivity index (χ2v) is 10.7. The van der Waals surface area contributed by atoms with Crippen LogP contribution >= 0.6 is 0 Å². The Morgan fingerprint density at radius 3 is 2.43 bits per heavy atom. The number of carbonyl (C=O) groups excluding carboxylic acids is 2. The third-order valence-corrected chi connectivity index (χ3v) is 7.77. The number of halogens is 2. The van der Waals surface area contributed by atoms with Crippen LogP contribution in [0.2, 0.25) is 0 Å². The number of rotatable bonds is 17. The summed E-state index contributed by atoms with van der Waals surface area (Å²) in [6, 6.07) is 0. The van der Waals surface area contributed by atoms with Gasteiger partial charge in [0.1, 0.15) is 12.2 Å². The molecule has 216 valence electrons. The number of hydrogen-bond donors (Lipinski definition) is 1. The molecule has 1 saturated carbocycles. The molecule has 1 aliphatic carbocycles. The lowest BCUT2D eigenvalue weighted by atomic mass is 9.84. The lowest BCUT2D eigenvalue weighted by Gasteiger charge is -2.32. The van der Waals surface area contributed by atoms with Gasteiger partial charge in [-0.2, -0.15) is 0 Å². The van der Waals surface area contributed by atoms with Gasteiger partial charge in [0.15, 0.2) is 6.29 Å². The molecule has 0 aromatic carbocycles. The molecule has 1 N–H and O–H groups in total. The summed E-state index contributed by atoms with van der Waals surface area (Å²) < 4.78 is 51.5. The molecule has 0 aromatic rings. The van der Waals surface area contributed by atoms with Crippen molar-refractivity contribution in [2.75, 3.05) is 13.7 Å². The molecule has 37 heavy (non-hydrogen) atoms. The van der Waals surface area contributed by atoms with Crippen LogP contribution in [0, 0.1) is 11.8 Å². The van der Waals surface area contributed by atoms with E-state index in [0.717, 1.165) is 51.4 Å². The first-order valence-corrected chi connectivity index (χ1v) is 14.2. The van der Waals surface area contributed by atoms with Crippen LogP contribution in [0.5, 0.6) is 0 Å². The molecule has 2 rings (SSSR count). The minimum absolute atomic E-state index is 0.0326. The molecule has 1 aliphatic heterocycles. The molecule has 2 fully saturated rings. The Hall–Kier alpha value is -1.32. The van der Waals surface area contributed by atoms with Crippen LogP contribution in [0.15, 0.2) is 0 Å². The summed E-state index contributed by atoms with van der Waals surface area (Å²) in [5.41, 5.74) is 0. The van der Waals surface area contributed by atoms with E-state index in [2.05, 4.69) is 4.74 Å². The molecule has 1 heterocycles. The van der Waals surface area contributed by atoms with Gasteiger partial charge in [-0.05, 0) is 57.3 Å². The van der Waals surface area contributed by atoms with Gasteiger partial charge >= 0.3 is 11.9 Å². The zero-order chi connectivity index (χ0) is 27.3. The lowest BCUT2D eigenvalue weighted by Crippen LogP contribution is -2.36. The fraction of sp³-hybridized carbons (Fsp3) is 0.929. The van der Waals surface area contributed by atoms with E-state index in [-0.39, 0.29) is 55.1 Å². The van der Waals surface area contributed by atoms with Crippen LogP contribution in [-0.2, 0) is 28.5 Å². The van der Waals surface area contributed by atoms with Gasteiger partial charge in [-0.1, -0.05) is 32.6 Å². The van der Waals surface area contributed by atoms with E-state index >= 15 is 0 Å². The third kappa shape index (κ3) is 11.1. The van der Waals surface area contributed by atoms with Gasteiger partial charge in [-0.25, -0.2) is 8.78 Å². The minimum atomic E-state index is -3.12. The van der Waals surface area contributed by atoms with Crippen LogP contribution in [0.25, 0.3) is 0 Å². The second kappa shape index (κ2) is 16.6. The summed E-state index contributed by atoms with van der Waals surface area (Å²) in [7, 11) is 1.38. The average molecular weight is 535 g/mol. The lowest BCUT2D eigenvalue weighted by molar-refractivity contribution is -0.197. The predicted octanol–water partition coefficient (Wildman–Crippen LogP) is 5.95. The van der Waals surface area contributed by atoms with Gasteiger partial charge in [0, 0.05) is 38.7 Å². The molecule has 7 nitrogen and oxygen atoms in total. The van der Waals surface area contributed by atoms with Crippen molar-refractivity contribution >= 4 is 11.9 Å². The van der Waals surface area contributed by atoms with E-state index in [1.165, 1.54) is 14.0 Å². The first-order chi connectivity index (χ1) is 17.7. The van der Waals surface area contributed by atoms with Crippen LogP contribution in [0.3, 0.4) is 0 Å². The van der Waals surface area contributed by atoms with E-state index < -0.39 is 12.0 Å². The van der Waals surface area contributed by atoms with Crippen molar-refractivity contribution in [3.63, 3.8) is 0 Å². The number of aliphatic hydroxyl groups is 1. The molecule has 0 aromatic heterocycles. The van der Waals surface area contributed by atoms with Gasteiger partial charge in [0.05, 0.1) is 13.2 Å². The van der Waals surface area contributed by atoms with Crippen molar-refractivity contribution in [3.8, 4) is 0 Å². The Morgan fingerprint density at radius 1 is 1.05 bits per heavy atom. The molecule has 1 saturated heterocycles. The maximum atomic E-state index is 14.5. The normalized spacial score (nSPS) is 27.1. The average Bonchev–Trinajstić information content (AvgIpc) is 3.18. The summed E-state index contributed by atoms with van der Waals surface area (Å²) >= 11 is 0. The first kappa shape index (κ1) is 31.9. The van der Waals surface area contributed by atoms with Gasteiger partial charge in [0.25, 0.3) is 5.92 Å². The van der Waals surface area contributed by atoms with Crippen LogP contribution in [0.4, 0.5) is 8.78 Å².